The third-order valence-electron chi connectivity index (χ3n) is 4.45. The van der Waals surface area contributed by atoms with Crippen molar-refractivity contribution in [3.05, 3.63) is 65.5 Å². The molecule has 0 aromatic heterocycles. The highest BCUT2D eigenvalue weighted by molar-refractivity contribution is 7.99. The maximum Gasteiger partial charge on any atom is 0.329 e. The fourth-order valence-electron chi connectivity index (χ4n) is 3.00. The summed E-state index contributed by atoms with van der Waals surface area (Å²) >= 11 is 1.47. The van der Waals surface area contributed by atoms with E-state index in [2.05, 4.69) is 0 Å². The van der Waals surface area contributed by atoms with Crippen LogP contribution < -0.4 is 4.74 Å². The van der Waals surface area contributed by atoms with Crippen molar-refractivity contribution in [1.29, 1.82) is 0 Å². The van der Waals surface area contributed by atoms with E-state index in [1.54, 1.807) is 43.5 Å². The van der Waals surface area contributed by atoms with Crippen molar-refractivity contribution in [2.75, 3.05) is 19.5 Å². The monoisotopic (exact) mass is 403 g/mol. The van der Waals surface area contributed by atoms with Gasteiger partial charge in [-0.3, -0.25) is 4.79 Å². The molecule has 0 bridgehead atoms. The predicted octanol–water partition coefficient (Wildman–Crippen LogP) is 4.04. The van der Waals surface area contributed by atoms with E-state index in [9.17, 15) is 14.0 Å². The Morgan fingerprint density at radius 3 is 2.43 bits per heavy atom. The van der Waals surface area contributed by atoms with E-state index in [0.29, 0.717) is 30.1 Å². The molecule has 2 atom stereocenters. The van der Waals surface area contributed by atoms with Crippen molar-refractivity contribution in [3.8, 4) is 5.75 Å². The highest BCUT2D eigenvalue weighted by Gasteiger charge is 2.43. The van der Waals surface area contributed by atoms with Gasteiger partial charge in [0, 0.05) is 11.3 Å². The number of hydrogen-bond acceptors (Lipinski definition) is 5. The van der Waals surface area contributed by atoms with Crippen molar-refractivity contribution < 1.29 is 23.5 Å². The molecule has 1 aliphatic rings. The second-order valence-corrected chi connectivity index (χ2v) is 7.47. The molecule has 1 aliphatic heterocycles. The SMILES string of the molecule is CCCOC(=O)C1CSC(c2ccc(F)cc2)N1C(=O)c1ccc(OC)cc1. The Labute approximate surface area is 167 Å². The number of rotatable bonds is 6. The fraction of sp³-hybridized carbons (Fsp3) is 0.333. The van der Waals surface area contributed by atoms with Crippen LogP contribution in [-0.4, -0.2) is 42.3 Å². The first-order chi connectivity index (χ1) is 13.5. The Morgan fingerprint density at radius 2 is 1.82 bits per heavy atom. The van der Waals surface area contributed by atoms with Gasteiger partial charge in [-0.05, 0) is 48.4 Å². The minimum Gasteiger partial charge on any atom is -0.497 e. The van der Waals surface area contributed by atoms with Gasteiger partial charge in [-0.2, -0.15) is 0 Å². The second-order valence-electron chi connectivity index (χ2n) is 6.36. The molecule has 2 aromatic carbocycles. The molecule has 148 valence electrons. The van der Waals surface area contributed by atoms with Crippen molar-refractivity contribution in [1.82, 2.24) is 4.90 Å². The molecule has 2 unspecified atom stereocenters. The zero-order chi connectivity index (χ0) is 20.1. The number of thioether (sulfide) groups is 1. The summed E-state index contributed by atoms with van der Waals surface area (Å²) < 4.78 is 23.8. The minimum atomic E-state index is -0.693. The Kier molecular flexibility index (Phi) is 6.57. The van der Waals surface area contributed by atoms with Gasteiger partial charge in [-0.1, -0.05) is 19.1 Å². The summed E-state index contributed by atoms with van der Waals surface area (Å²) in [4.78, 5) is 27.4. The first kappa shape index (κ1) is 20.2. The predicted molar refractivity (Wildman–Crippen MR) is 106 cm³/mol. The fourth-order valence-corrected chi connectivity index (χ4v) is 4.42. The first-order valence-electron chi connectivity index (χ1n) is 9.05. The van der Waals surface area contributed by atoms with E-state index < -0.39 is 17.4 Å². The number of ether oxygens (including phenoxy) is 2. The maximum atomic E-state index is 13.3. The number of amides is 1. The van der Waals surface area contributed by atoms with E-state index in [1.165, 1.54) is 28.8 Å². The van der Waals surface area contributed by atoms with Crippen LogP contribution in [0, 0.1) is 5.82 Å². The lowest BCUT2D eigenvalue weighted by Gasteiger charge is -2.28. The maximum absolute atomic E-state index is 13.3. The van der Waals surface area contributed by atoms with Crippen LogP contribution in [0.5, 0.6) is 5.75 Å². The molecule has 28 heavy (non-hydrogen) atoms. The number of methoxy groups -OCH3 is 1. The molecule has 5 nitrogen and oxygen atoms in total. The van der Waals surface area contributed by atoms with Crippen molar-refractivity contribution in [2.24, 2.45) is 0 Å². The van der Waals surface area contributed by atoms with E-state index in [4.69, 9.17) is 9.47 Å². The van der Waals surface area contributed by atoms with Gasteiger partial charge < -0.3 is 14.4 Å². The van der Waals surface area contributed by atoms with Crippen molar-refractivity contribution >= 4 is 23.6 Å². The van der Waals surface area contributed by atoms with Crippen LogP contribution in [0.4, 0.5) is 4.39 Å². The molecule has 3 rings (SSSR count). The van der Waals surface area contributed by atoms with Gasteiger partial charge in [0.1, 0.15) is 23.0 Å². The first-order valence-corrected chi connectivity index (χ1v) is 10.1. The molecule has 0 saturated carbocycles. The lowest BCUT2D eigenvalue weighted by Crippen LogP contribution is -2.44. The van der Waals surface area contributed by atoms with Gasteiger partial charge in [0.15, 0.2) is 0 Å². The topological polar surface area (TPSA) is 55.8 Å². The summed E-state index contributed by atoms with van der Waals surface area (Å²) in [5.41, 5.74) is 1.21. The van der Waals surface area contributed by atoms with Gasteiger partial charge in [-0.15, -0.1) is 11.8 Å². The quantitative estimate of drug-likeness (QED) is 0.682. The average molecular weight is 403 g/mol. The van der Waals surface area contributed by atoms with Gasteiger partial charge in [0.05, 0.1) is 13.7 Å². The lowest BCUT2D eigenvalue weighted by molar-refractivity contribution is -0.148. The number of carbonyl (C=O) groups is 2. The van der Waals surface area contributed by atoms with Crippen LogP contribution in [0.25, 0.3) is 0 Å². The van der Waals surface area contributed by atoms with E-state index >= 15 is 0 Å². The molecule has 0 spiro atoms. The third-order valence-corrected chi connectivity index (χ3v) is 5.77. The van der Waals surface area contributed by atoms with Gasteiger partial charge in [-0.25, -0.2) is 9.18 Å². The number of nitrogens with zero attached hydrogens (tertiary/aromatic N) is 1. The van der Waals surface area contributed by atoms with Crippen LogP contribution >= 0.6 is 11.8 Å². The number of halogens is 1. The lowest BCUT2D eigenvalue weighted by atomic mass is 10.1. The summed E-state index contributed by atoms with van der Waals surface area (Å²) in [6.45, 7) is 2.23. The standard InChI is InChI=1S/C21H22FNO4S/c1-3-12-27-21(25)18-13-28-20(15-4-8-16(22)9-5-15)23(18)19(24)14-6-10-17(26-2)11-7-14/h4-11,18,20H,3,12-13H2,1-2H3. The summed E-state index contributed by atoms with van der Waals surface area (Å²) in [6.07, 6.45) is 0.708. The molecule has 1 fully saturated rings. The Hall–Kier alpha value is -2.54. The summed E-state index contributed by atoms with van der Waals surface area (Å²) in [6, 6.07) is 12.0. The molecular weight excluding hydrogens is 381 g/mol. The van der Waals surface area contributed by atoms with E-state index in [-0.39, 0.29) is 11.7 Å². The Morgan fingerprint density at radius 1 is 1.14 bits per heavy atom. The molecule has 0 N–H and O–H groups in total. The Balaban J connectivity index is 1.92. The van der Waals surface area contributed by atoms with Crippen molar-refractivity contribution in [2.45, 2.75) is 24.8 Å². The summed E-state index contributed by atoms with van der Waals surface area (Å²) in [5, 5.41) is -0.394. The zero-order valence-electron chi connectivity index (χ0n) is 15.8. The molecule has 1 amide bonds. The van der Waals surface area contributed by atoms with Crippen molar-refractivity contribution in [3.63, 3.8) is 0 Å². The number of hydrogen-bond donors (Lipinski definition) is 0. The smallest absolute Gasteiger partial charge is 0.329 e. The van der Waals surface area contributed by atoms with Crippen LogP contribution in [0.3, 0.4) is 0 Å². The highest BCUT2D eigenvalue weighted by Crippen LogP contribution is 2.42. The van der Waals surface area contributed by atoms with Gasteiger partial charge >= 0.3 is 5.97 Å². The van der Waals surface area contributed by atoms with Gasteiger partial charge in [0.2, 0.25) is 0 Å². The molecular formula is C21H22FNO4S. The molecule has 0 aliphatic carbocycles. The third kappa shape index (κ3) is 4.30. The van der Waals surface area contributed by atoms with Crippen LogP contribution in [0.15, 0.2) is 48.5 Å². The zero-order valence-corrected chi connectivity index (χ0v) is 16.6. The molecule has 0 radical (unpaired) electrons. The normalized spacial score (nSPS) is 18.8. The minimum absolute atomic E-state index is 0.277. The number of benzene rings is 2. The molecule has 7 heteroatoms. The molecule has 1 heterocycles. The summed E-state index contributed by atoms with van der Waals surface area (Å²) in [7, 11) is 1.55. The average Bonchev–Trinajstić information content (AvgIpc) is 3.17. The van der Waals surface area contributed by atoms with E-state index in [0.717, 1.165) is 5.56 Å². The Bertz CT molecular complexity index is 825. The molecule has 2 aromatic rings. The van der Waals surface area contributed by atoms with E-state index in [1.807, 2.05) is 6.92 Å². The second kappa shape index (κ2) is 9.10. The van der Waals surface area contributed by atoms with Gasteiger partial charge in [0.25, 0.3) is 5.91 Å². The van der Waals surface area contributed by atoms with Crippen LogP contribution in [0.1, 0.15) is 34.6 Å². The largest absolute Gasteiger partial charge is 0.497 e. The van der Waals surface area contributed by atoms with Crippen LogP contribution in [0.2, 0.25) is 0 Å². The molecule has 1 saturated heterocycles. The van der Waals surface area contributed by atoms with Crippen LogP contribution in [-0.2, 0) is 9.53 Å². The number of carbonyl (C=O) groups excluding carboxylic acids is 2. The number of esters is 1. The summed E-state index contributed by atoms with van der Waals surface area (Å²) in [5.74, 6) is 0.0215. The highest BCUT2D eigenvalue weighted by atomic mass is 32.2.